The van der Waals surface area contributed by atoms with E-state index in [2.05, 4.69) is 46.8 Å². The van der Waals surface area contributed by atoms with E-state index in [1.54, 1.807) is 21.3 Å². The van der Waals surface area contributed by atoms with Crippen molar-refractivity contribution in [1.29, 1.82) is 0 Å². The number of methoxy groups -OCH3 is 2. The fraction of sp³-hybridized carbons (Fsp3) is 0.435. The topological polar surface area (TPSA) is 67.3 Å². The molecule has 0 radical (unpaired) electrons. The van der Waals surface area contributed by atoms with Crippen molar-refractivity contribution in [2.24, 2.45) is 4.99 Å². The van der Waals surface area contributed by atoms with Crippen LogP contribution in [0.25, 0.3) is 0 Å². The summed E-state index contributed by atoms with van der Waals surface area (Å²) in [5, 5.41) is 6.79. The number of ether oxygens (including phenoxy) is 3. The molecule has 1 atom stereocenters. The number of aliphatic imine (C=N–C) groups is 1. The minimum atomic E-state index is 0.124. The molecule has 2 aromatic carbocycles. The van der Waals surface area contributed by atoms with Gasteiger partial charge < -0.3 is 29.7 Å². The molecular formula is C23H34N4O3. The van der Waals surface area contributed by atoms with Crippen LogP contribution in [0.3, 0.4) is 0 Å². The number of rotatable bonds is 10. The second-order valence-corrected chi connectivity index (χ2v) is 6.94. The lowest BCUT2D eigenvalue weighted by atomic mass is 10.1. The van der Waals surface area contributed by atoms with Crippen molar-refractivity contribution < 1.29 is 14.2 Å². The molecule has 0 aliphatic heterocycles. The van der Waals surface area contributed by atoms with E-state index in [0.717, 1.165) is 34.3 Å². The van der Waals surface area contributed by atoms with E-state index in [0.29, 0.717) is 19.7 Å². The maximum absolute atomic E-state index is 5.70. The van der Waals surface area contributed by atoms with Crippen molar-refractivity contribution in [3.8, 4) is 17.2 Å². The van der Waals surface area contributed by atoms with Gasteiger partial charge in [-0.05, 0) is 44.8 Å². The monoisotopic (exact) mass is 414 g/mol. The first-order valence-electron chi connectivity index (χ1n) is 10.1. The van der Waals surface area contributed by atoms with Crippen molar-refractivity contribution in [1.82, 2.24) is 15.5 Å². The Kier molecular flexibility index (Phi) is 9.28. The summed E-state index contributed by atoms with van der Waals surface area (Å²) < 4.78 is 16.5. The second kappa shape index (κ2) is 11.9. The Morgan fingerprint density at radius 3 is 2.37 bits per heavy atom. The summed E-state index contributed by atoms with van der Waals surface area (Å²) in [7, 11) is 9.16. The molecule has 7 heteroatoms. The van der Waals surface area contributed by atoms with E-state index in [9.17, 15) is 0 Å². The van der Waals surface area contributed by atoms with Gasteiger partial charge in [0.15, 0.2) is 17.5 Å². The average Bonchev–Trinajstić information content (AvgIpc) is 2.76. The molecule has 0 fully saturated rings. The Balaban J connectivity index is 2.04. The van der Waals surface area contributed by atoms with Gasteiger partial charge in [0, 0.05) is 25.7 Å². The average molecular weight is 415 g/mol. The van der Waals surface area contributed by atoms with Crippen LogP contribution in [-0.4, -0.2) is 59.4 Å². The highest BCUT2D eigenvalue weighted by molar-refractivity contribution is 5.79. The van der Waals surface area contributed by atoms with Crippen LogP contribution in [0.4, 0.5) is 0 Å². The summed E-state index contributed by atoms with van der Waals surface area (Å²) in [6.07, 6.45) is 0. The molecule has 164 valence electrons. The highest BCUT2D eigenvalue weighted by atomic mass is 16.5. The lowest BCUT2D eigenvalue weighted by Gasteiger charge is -2.26. The fourth-order valence-corrected chi connectivity index (χ4v) is 3.20. The van der Waals surface area contributed by atoms with Gasteiger partial charge in [-0.1, -0.05) is 24.3 Å². The maximum atomic E-state index is 5.70. The first-order valence-corrected chi connectivity index (χ1v) is 10.1. The lowest BCUT2D eigenvalue weighted by molar-refractivity contribution is 0.295. The van der Waals surface area contributed by atoms with Crippen LogP contribution in [0.15, 0.2) is 47.5 Å². The van der Waals surface area contributed by atoms with Crippen LogP contribution in [0.1, 0.15) is 24.1 Å². The molecule has 2 N–H and O–H groups in total. The highest BCUT2D eigenvalue weighted by Crippen LogP contribution is 2.31. The molecule has 0 bridgehead atoms. The summed E-state index contributed by atoms with van der Waals surface area (Å²) >= 11 is 0. The molecule has 0 aliphatic carbocycles. The van der Waals surface area contributed by atoms with E-state index in [1.807, 2.05) is 37.3 Å². The first kappa shape index (κ1) is 23.3. The molecule has 2 aromatic rings. The predicted molar refractivity (Wildman–Crippen MR) is 122 cm³/mol. The molecule has 1 unspecified atom stereocenters. The van der Waals surface area contributed by atoms with Gasteiger partial charge in [-0.15, -0.1) is 0 Å². The Morgan fingerprint density at radius 1 is 1.00 bits per heavy atom. The molecule has 0 amide bonds. The van der Waals surface area contributed by atoms with Crippen LogP contribution < -0.4 is 24.8 Å². The third-order valence-electron chi connectivity index (χ3n) is 4.82. The van der Waals surface area contributed by atoms with Gasteiger partial charge in [-0.25, -0.2) is 0 Å². The normalized spacial score (nSPS) is 12.4. The van der Waals surface area contributed by atoms with Gasteiger partial charge in [0.25, 0.3) is 0 Å². The van der Waals surface area contributed by atoms with Gasteiger partial charge in [0.05, 0.1) is 26.9 Å². The van der Waals surface area contributed by atoms with Crippen LogP contribution >= 0.6 is 0 Å². The zero-order chi connectivity index (χ0) is 21.9. The van der Waals surface area contributed by atoms with Gasteiger partial charge in [0.2, 0.25) is 0 Å². The number of hydrogen-bond donors (Lipinski definition) is 2. The molecule has 0 aromatic heterocycles. The highest BCUT2D eigenvalue weighted by Gasteiger charge is 2.17. The number of hydrogen-bond acceptors (Lipinski definition) is 5. The maximum Gasteiger partial charge on any atom is 0.191 e. The van der Waals surface area contributed by atoms with Crippen molar-refractivity contribution in [3.63, 3.8) is 0 Å². The number of nitrogens with zero attached hydrogens (tertiary/aromatic N) is 2. The van der Waals surface area contributed by atoms with Gasteiger partial charge in [0.1, 0.15) is 5.75 Å². The molecule has 7 nitrogen and oxygen atoms in total. The van der Waals surface area contributed by atoms with Crippen molar-refractivity contribution in [2.45, 2.75) is 19.5 Å². The Hall–Kier alpha value is -2.93. The molecule has 0 spiro atoms. The summed E-state index contributed by atoms with van der Waals surface area (Å²) in [6, 6.07) is 14.2. The first-order chi connectivity index (χ1) is 14.5. The molecule has 0 aliphatic rings. The second-order valence-electron chi connectivity index (χ2n) is 6.94. The molecule has 0 saturated heterocycles. The smallest absolute Gasteiger partial charge is 0.191 e. The van der Waals surface area contributed by atoms with Crippen LogP contribution in [0.5, 0.6) is 17.2 Å². The number of nitrogens with one attached hydrogen (secondary N) is 2. The standard InChI is InChI=1S/C23H34N4O3/c1-7-30-20-11-9-8-10-18(20)15-25-23(24-2)26-16-19(27(3)4)17-12-13-21(28-5)22(14-17)29-6/h8-14,19H,7,15-16H2,1-6H3,(H2,24,25,26). The molecule has 0 saturated carbocycles. The molecule has 30 heavy (non-hydrogen) atoms. The number of para-hydroxylation sites is 1. The SMILES string of the molecule is CCOc1ccccc1CNC(=NC)NCC(c1ccc(OC)c(OC)c1)N(C)C. The number of guanidine groups is 1. The zero-order valence-electron chi connectivity index (χ0n) is 18.9. The van der Waals surface area contributed by atoms with Gasteiger partial charge >= 0.3 is 0 Å². The minimum Gasteiger partial charge on any atom is -0.494 e. The molecule has 2 rings (SSSR count). The Labute approximate surface area is 180 Å². The summed E-state index contributed by atoms with van der Waals surface area (Å²) in [4.78, 5) is 6.51. The lowest BCUT2D eigenvalue weighted by Crippen LogP contribution is -2.41. The van der Waals surface area contributed by atoms with Gasteiger partial charge in [-0.2, -0.15) is 0 Å². The Bertz CT molecular complexity index is 824. The molecule has 0 heterocycles. The summed E-state index contributed by atoms with van der Waals surface area (Å²) in [5.74, 6) is 3.06. The quantitative estimate of drug-likeness (QED) is 0.460. The van der Waals surface area contributed by atoms with Crippen molar-refractivity contribution >= 4 is 5.96 Å². The summed E-state index contributed by atoms with van der Waals surface area (Å²) in [6.45, 7) is 3.92. The van der Waals surface area contributed by atoms with Crippen molar-refractivity contribution in [2.75, 3.05) is 48.5 Å². The minimum absolute atomic E-state index is 0.124. The number of likely N-dealkylation sites (N-methyl/N-ethyl adjacent to an activating group) is 1. The van der Waals surface area contributed by atoms with Crippen molar-refractivity contribution in [3.05, 3.63) is 53.6 Å². The van der Waals surface area contributed by atoms with E-state index in [4.69, 9.17) is 14.2 Å². The van der Waals surface area contributed by atoms with E-state index in [1.165, 1.54) is 0 Å². The summed E-state index contributed by atoms with van der Waals surface area (Å²) in [5.41, 5.74) is 2.22. The fourth-order valence-electron chi connectivity index (χ4n) is 3.20. The van der Waals surface area contributed by atoms with Crippen LogP contribution in [0.2, 0.25) is 0 Å². The van der Waals surface area contributed by atoms with Crippen LogP contribution in [0, 0.1) is 0 Å². The van der Waals surface area contributed by atoms with E-state index >= 15 is 0 Å². The van der Waals surface area contributed by atoms with Crippen LogP contribution in [-0.2, 0) is 6.54 Å². The molecular weight excluding hydrogens is 380 g/mol. The van der Waals surface area contributed by atoms with Gasteiger partial charge in [-0.3, -0.25) is 4.99 Å². The largest absolute Gasteiger partial charge is 0.494 e. The third-order valence-corrected chi connectivity index (χ3v) is 4.82. The van der Waals surface area contributed by atoms with E-state index < -0.39 is 0 Å². The predicted octanol–water partition coefficient (Wildman–Crippen LogP) is 3.07. The zero-order valence-corrected chi connectivity index (χ0v) is 18.9. The third kappa shape index (κ3) is 6.29. The number of benzene rings is 2. The Morgan fingerprint density at radius 2 is 1.73 bits per heavy atom. The van der Waals surface area contributed by atoms with E-state index in [-0.39, 0.29) is 6.04 Å².